The fraction of sp³-hybridized carbons (Fsp3) is 0.292. The predicted molar refractivity (Wildman–Crippen MR) is 113 cm³/mol. The standard InChI is InChI=1S/C24H24N2O3/c1-14-10-11-17-15(2)13-24(4,5)26(20(17)12-14)21(27)16(3)25-22(28)18-8-6-7-9-19(18)23(25)29/h6-13,16H,1-5H3. The van der Waals surface area contributed by atoms with E-state index in [0.29, 0.717) is 11.1 Å². The van der Waals surface area contributed by atoms with Gasteiger partial charge in [0.05, 0.1) is 22.4 Å². The third kappa shape index (κ3) is 2.80. The SMILES string of the molecule is CC1=CC(C)(C)N(C(=O)C(C)N2C(=O)c3ccccc3C2=O)c2cc(C)ccc21. The molecule has 2 aliphatic rings. The van der Waals surface area contributed by atoms with Gasteiger partial charge in [0.15, 0.2) is 0 Å². The lowest BCUT2D eigenvalue weighted by Gasteiger charge is -2.43. The van der Waals surface area contributed by atoms with E-state index in [1.165, 1.54) is 0 Å². The van der Waals surface area contributed by atoms with Gasteiger partial charge >= 0.3 is 0 Å². The van der Waals surface area contributed by atoms with E-state index >= 15 is 0 Å². The lowest BCUT2D eigenvalue weighted by molar-refractivity contribution is -0.122. The van der Waals surface area contributed by atoms with Gasteiger partial charge in [-0.2, -0.15) is 0 Å². The first-order chi connectivity index (χ1) is 13.6. The summed E-state index contributed by atoms with van der Waals surface area (Å²) in [5, 5.41) is 0. The van der Waals surface area contributed by atoms with Crippen LogP contribution in [0.1, 0.15) is 59.5 Å². The summed E-state index contributed by atoms with van der Waals surface area (Å²) in [6, 6.07) is 11.8. The number of benzene rings is 2. The first kappa shape index (κ1) is 19.1. The Bertz CT molecular complexity index is 1060. The number of anilines is 1. The Kier molecular flexibility index (Phi) is 4.23. The highest BCUT2D eigenvalue weighted by Gasteiger charge is 2.45. The molecule has 0 radical (unpaired) electrons. The third-order valence-corrected chi connectivity index (χ3v) is 5.76. The average Bonchev–Trinajstić information content (AvgIpc) is 2.91. The molecule has 4 rings (SSSR count). The molecule has 2 heterocycles. The van der Waals surface area contributed by atoms with Gasteiger partial charge in [0.2, 0.25) is 0 Å². The summed E-state index contributed by atoms with van der Waals surface area (Å²) >= 11 is 0. The molecule has 5 heteroatoms. The summed E-state index contributed by atoms with van der Waals surface area (Å²) < 4.78 is 0. The minimum absolute atomic E-state index is 0.278. The topological polar surface area (TPSA) is 57.7 Å². The molecule has 0 saturated heterocycles. The molecule has 0 saturated carbocycles. The Labute approximate surface area is 170 Å². The van der Waals surface area contributed by atoms with Gasteiger partial charge in [-0.25, -0.2) is 0 Å². The number of allylic oxidation sites excluding steroid dienone is 1. The molecule has 1 atom stereocenters. The molecule has 1 unspecified atom stereocenters. The van der Waals surface area contributed by atoms with E-state index in [9.17, 15) is 14.4 Å². The molecular weight excluding hydrogens is 364 g/mol. The van der Waals surface area contributed by atoms with Crippen molar-refractivity contribution >= 4 is 29.0 Å². The van der Waals surface area contributed by atoms with Gasteiger partial charge in [-0.15, -0.1) is 0 Å². The second-order valence-corrected chi connectivity index (χ2v) is 8.38. The molecule has 3 amide bonds. The van der Waals surface area contributed by atoms with Crippen LogP contribution in [-0.4, -0.2) is 34.2 Å². The number of imide groups is 1. The summed E-state index contributed by atoms with van der Waals surface area (Å²) in [5.41, 5.74) is 4.04. The maximum Gasteiger partial charge on any atom is 0.262 e. The molecule has 0 N–H and O–H groups in total. The van der Waals surface area contributed by atoms with Crippen LogP contribution >= 0.6 is 0 Å². The van der Waals surface area contributed by atoms with E-state index < -0.39 is 23.4 Å². The van der Waals surface area contributed by atoms with Crippen LogP contribution in [-0.2, 0) is 4.79 Å². The van der Waals surface area contributed by atoms with Crippen molar-refractivity contribution in [2.24, 2.45) is 0 Å². The molecule has 2 aromatic rings. The molecule has 0 aliphatic carbocycles. The first-order valence-corrected chi connectivity index (χ1v) is 9.75. The van der Waals surface area contributed by atoms with Crippen LogP contribution in [0.3, 0.4) is 0 Å². The highest BCUT2D eigenvalue weighted by Crippen LogP contribution is 2.40. The van der Waals surface area contributed by atoms with Crippen LogP contribution in [0, 0.1) is 6.92 Å². The quantitative estimate of drug-likeness (QED) is 0.724. The number of amides is 3. The van der Waals surface area contributed by atoms with Crippen LogP contribution in [0.25, 0.3) is 5.57 Å². The Balaban J connectivity index is 1.76. The molecule has 0 aromatic heterocycles. The van der Waals surface area contributed by atoms with E-state index in [2.05, 4.69) is 6.08 Å². The smallest absolute Gasteiger partial charge is 0.262 e. The summed E-state index contributed by atoms with van der Waals surface area (Å²) in [6.45, 7) is 9.58. The number of hydrogen-bond acceptors (Lipinski definition) is 3. The summed E-state index contributed by atoms with van der Waals surface area (Å²) in [5.74, 6) is -1.12. The number of carbonyl (C=O) groups is 3. The largest absolute Gasteiger partial charge is 0.301 e. The van der Waals surface area contributed by atoms with Crippen LogP contribution in [0.5, 0.6) is 0 Å². The van der Waals surface area contributed by atoms with Crippen molar-refractivity contribution in [3.05, 3.63) is 70.8 Å². The Morgan fingerprint density at radius 2 is 1.52 bits per heavy atom. The summed E-state index contributed by atoms with van der Waals surface area (Å²) in [7, 11) is 0. The van der Waals surface area contributed by atoms with Gasteiger partial charge in [0.1, 0.15) is 6.04 Å². The zero-order valence-corrected chi connectivity index (χ0v) is 17.3. The normalized spacial score (nSPS) is 18.3. The van der Waals surface area contributed by atoms with Crippen molar-refractivity contribution in [3.63, 3.8) is 0 Å². The van der Waals surface area contributed by atoms with Crippen LogP contribution in [0.2, 0.25) is 0 Å². The van der Waals surface area contributed by atoms with Gasteiger partial charge in [-0.05, 0) is 64.0 Å². The van der Waals surface area contributed by atoms with E-state index in [1.54, 1.807) is 36.1 Å². The number of nitrogens with zero attached hydrogens (tertiary/aromatic N) is 2. The highest BCUT2D eigenvalue weighted by atomic mass is 16.2. The van der Waals surface area contributed by atoms with Crippen molar-refractivity contribution in [1.29, 1.82) is 0 Å². The Morgan fingerprint density at radius 3 is 2.10 bits per heavy atom. The first-order valence-electron chi connectivity index (χ1n) is 9.75. The number of rotatable bonds is 2. The fourth-order valence-corrected chi connectivity index (χ4v) is 4.40. The van der Waals surface area contributed by atoms with Gasteiger partial charge in [0, 0.05) is 5.56 Å². The molecule has 2 aliphatic heterocycles. The fourth-order valence-electron chi connectivity index (χ4n) is 4.40. The van der Waals surface area contributed by atoms with E-state index in [-0.39, 0.29) is 5.91 Å². The van der Waals surface area contributed by atoms with Crippen LogP contribution in [0.15, 0.2) is 48.5 Å². The zero-order valence-electron chi connectivity index (χ0n) is 17.3. The van der Waals surface area contributed by atoms with Crippen molar-refractivity contribution < 1.29 is 14.4 Å². The minimum Gasteiger partial charge on any atom is -0.301 e. The van der Waals surface area contributed by atoms with Crippen molar-refractivity contribution in [3.8, 4) is 0 Å². The number of hydrogen-bond donors (Lipinski definition) is 0. The van der Waals surface area contributed by atoms with Crippen LogP contribution in [0.4, 0.5) is 5.69 Å². The molecule has 0 bridgehead atoms. The number of carbonyl (C=O) groups excluding carboxylic acids is 3. The minimum atomic E-state index is -0.915. The summed E-state index contributed by atoms with van der Waals surface area (Å²) in [6.07, 6.45) is 2.05. The van der Waals surface area contributed by atoms with E-state index in [1.807, 2.05) is 45.9 Å². The Morgan fingerprint density at radius 1 is 0.931 bits per heavy atom. The third-order valence-electron chi connectivity index (χ3n) is 5.76. The second-order valence-electron chi connectivity index (χ2n) is 8.38. The molecule has 2 aromatic carbocycles. The number of aryl methyl sites for hydroxylation is 1. The molecule has 0 spiro atoms. The predicted octanol–water partition coefficient (Wildman–Crippen LogP) is 4.21. The van der Waals surface area contributed by atoms with Gasteiger partial charge in [-0.1, -0.05) is 30.3 Å². The zero-order chi connectivity index (χ0) is 21.1. The van der Waals surface area contributed by atoms with Crippen molar-refractivity contribution in [2.45, 2.75) is 46.2 Å². The van der Waals surface area contributed by atoms with E-state index in [0.717, 1.165) is 27.3 Å². The lowest BCUT2D eigenvalue weighted by atomic mass is 9.87. The summed E-state index contributed by atoms with van der Waals surface area (Å²) in [4.78, 5) is 42.2. The highest BCUT2D eigenvalue weighted by molar-refractivity contribution is 6.23. The molecule has 5 nitrogen and oxygen atoms in total. The van der Waals surface area contributed by atoms with Crippen molar-refractivity contribution in [1.82, 2.24) is 4.90 Å². The van der Waals surface area contributed by atoms with Crippen LogP contribution < -0.4 is 4.90 Å². The van der Waals surface area contributed by atoms with E-state index in [4.69, 9.17) is 0 Å². The number of fused-ring (bicyclic) bond motifs is 2. The van der Waals surface area contributed by atoms with Gasteiger partial charge in [0.25, 0.3) is 17.7 Å². The maximum atomic E-state index is 13.7. The maximum absolute atomic E-state index is 13.7. The molecule has 148 valence electrons. The molecular formula is C24H24N2O3. The lowest BCUT2D eigenvalue weighted by Crippen LogP contribution is -2.56. The van der Waals surface area contributed by atoms with Gasteiger partial charge < -0.3 is 4.90 Å². The Hall–Kier alpha value is -3.21. The van der Waals surface area contributed by atoms with Crippen molar-refractivity contribution in [2.75, 3.05) is 4.90 Å². The second kappa shape index (κ2) is 6.41. The molecule has 0 fully saturated rings. The van der Waals surface area contributed by atoms with Gasteiger partial charge in [-0.3, -0.25) is 19.3 Å². The monoisotopic (exact) mass is 388 g/mol. The molecule has 29 heavy (non-hydrogen) atoms. The average molecular weight is 388 g/mol.